The van der Waals surface area contributed by atoms with Gasteiger partial charge < -0.3 is 4.74 Å². The van der Waals surface area contributed by atoms with Crippen LogP contribution < -0.4 is 4.74 Å². The first kappa shape index (κ1) is 13.1. The lowest BCUT2D eigenvalue weighted by Gasteiger charge is -2.12. The second kappa shape index (κ2) is 5.63. The predicted octanol–water partition coefficient (Wildman–Crippen LogP) is 3.68. The number of aryl methyl sites for hydroxylation is 1. The molecule has 0 saturated heterocycles. The van der Waals surface area contributed by atoms with Gasteiger partial charge in [0, 0.05) is 11.2 Å². The lowest BCUT2D eigenvalue weighted by atomic mass is 10.0. The Morgan fingerprint density at radius 3 is 2.95 bits per heavy atom. The van der Waals surface area contributed by atoms with E-state index in [1.54, 1.807) is 30.5 Å². The van der Waals surface area contributed by atoms with E-state index in [9.17, 15) is 4.79 Å². The van der Waals surface area contributed by atoms with Crippen molar-refractivity contribution in [2.75, 3.05) is 6.61 Å². The molecule has 0 radical (unpaired) electrons. The van der Waals surface area contributed by atoms with Gasteiger partial charge in [-0.1, -0.05) is 17.7 Å². The number of ketones is 1. The molecule has 2 aromatic rings. The van der Waals surface area contributed by atoms with Gasteiger partial charge in [0.2, 0.25) is 5.78 Å². The monoisotopic (exact) mass is 287 g/mol. The van der Waals surface area contributed by atoms with Gasteiger partial charge in [0.25, 0.3) is 0 Å². The number of carbonyl (C=O) groups excluding carboxylic acids is 1. The van der Waals surface area contributed by atoms with Crippen molar-refractivity contribution in [3.8, 4) is 5.75 Å². The fraction of sp³-hybridized carbons (Fsp3) is 0.250. The maximum Gasteiger partial charge on any atom is 0.215 e. The summed E-state index contributed by atoms with van der Waals surface area (Å²) < 4.78 is 5.77. The number of rotatable bonds is 2. The quantitative estimate of drug-likeness (QED) is 0.791. The van der Waals surface area contributed by atoms with E-state index in [2.05, 4.69) is 4.98 Å². The number of nitrogens with zero attached hydrogens (tertiary/aromatic N) is 1. The number of ether oxygens (including phenoxy) is 1. The van der Waals surface area contributed by atoms with Crippen LogP contribution in [-0.4, -0.2) is 17.4 Å². The van der Waals surface area contributed by atoms with Crippen LogP contribution in [0.2, 0.25) is 5.02 Å². The highest BCUT2D eigenvalue weighted by Crippen LogP contribution is 2.33. The fourth-order valence-corrected chi connectivity index (χ4v) is 2.64. The number of hydrogen-bond acceptors (Lipinski definition) is 3. The normalized spacial score (nSPS) is 14.1. The topological polar surface area (TPSA) is 39.2 Å². The van der Waals surface area contributed by atoms with Gasteiger partial charge in [0.05, 0.1) is 12.2 Å². The van der Waals surface area contributed by atoms with Gasteiger partial charge >= 0.3 is 0 Å². The molecule has 0 amide bonds. The predicted molar refractivity (Wildman–Crippen MR) is 77.6 cm³/mol. The highest BCUT2D eigenvalue weighted by atomic mass is 35.5. The van der Waals surface area contributed by atoms with E-state index in [1.165, 1.54) is 0 Å². The van der Waals surface area contributed by atoms with Crippen LogP contribution in [0.4, 0.5) is 0 Å². The molecule has 20 heavy (non-hydrogen) atoms. The minimum Gasteiger partial charge on any atom is -0.493 e. The van der Waals surface area contributed by atoms with Gasteiger partial charge in [-0.2, -0.15) is 0 Å². The zero-order chi connectivity index (χ0) is 13.9. The van der Waals surface area contributed by atoms with Crippen molar-refractivity contribution in [2.45, 2.75) is 19.3 Å². The minimum atomic E-state index is -0.147. The summed E-state index contributed by atoms with van der Waals surface area (Å²) in [7, 11) is 0. The number of pyridine rings is 1. The molecule has 0 bridgehead atoms. The smallest absolute Gasteiger partial charge is 0.215 e. The van der Waals surface area contributed by atoms with Crippen molar-refractivity contribution < 1.29 is 9.53 Å². The lowest BCUT2D eigenvalue weighted by molar-refractivity contribution is 0.103. The summed E-state index contributed by atoms with van der Waals surface area (Å²) in [6, 6.07) is 8.84. The highest BCUT2D eigenvalue weighted by molar-refractivity contribution is 6.31. The van der Waals surface area contributed by atoms with Crippen LogP contribution in [0.1, 0.15) is 34.5 Å². The van der Waals surface area contributed by atoms with Crippen LogP contribution in [0.3, 0.4) is 0 Å². The van der Waals surface area contributed by atoms with Gasteiger partial charge in [-0.05, 0) is 49.1 Å². The van der Waals surface area contributed by atoms with E-state index < -0.39 is 0 Å². The van der Waals surface area contributed by atoms with Crippen LogP contribution >= 0.6 is 11.6 Å². The molecule has 0 unspecified atom stereocenters. The van der Waals surface area contributed by atoms with Crippen molar-refractivity contribution in [1.29, 1.82) is 0 Å². The molecule has 3 rings (SSSR count). The first-order valence-corrected chi connectivity index (χ1v) is 7.04. The molecule has 0 aliphatic carbocycles. The Morgan fingerprint density at radius 1 is 1.25 bits per heavy atom. The molecule has 2 heterocycles. The second-order valence-corrected chi connectivity index (χ2v) is 5.23. The summed E-state index contributed by atoms with van der Waals surface area (Å²) >= 11 is 6.14. The van der Waals surface area contributed by atoms with Crippen LogP contribution in [0, 0.1) is 0 Å². The SMILES string of the molecule is O=C(c1ccccn1)c1cc(Cl)cc2c1OCCCC2. The van der Waals surface area contributed by atoms with Crippen LogP contribution in [-0.2, 0) is 6.42 Å². The molecule has 1 aliphatic rings. The molecule has 0 atom stereocenters. The molecule has 1 aromatic carbocycles. The van der Waals surface area contributed by atoms with E-state index in [0.29, 0.717) is 28.6 Å². The number of hydrogen-bond donors (Lipinski definition) is 0. The molecule has 102 valence electrons. The van der Waals surface area contributed by atoms with Crippen molar-refractivity contribution in [3.05, 3.63) is 58.4 Å². The summed E-state index contributed by atoms with van der Waals surface area (Å²) in [5.74, 6) is 0.522. The molecule has 1 aliphatic heterocycles. The van der Waals surface area contributed by atoms with E-state index >= 15 is 0 Å². The maximum atomic E-state index is 12.6. The average molecular weight is 288 g/mol. The maximum absolute atomic E-state index is 12.6. The third kappa shape index (κ3) is 2.54. The molecule has 4 heteroatoms. The number of halogens is 1. The second-order valence-electron chi connectivity index (χ2n) is 4.79. The summed E-state index contributed by atoms with van der Waals surface area (Å²) in [5, 5.41) is 0.563. The Labute approximate surface area is 122 Å². The molecular weight excluding hydrogens is 274 g/mol. The summed E-state index contributed by atoms with van der Waals surface area (Å²) in [4.78, 5) is 16.7. The van der Waals surface area contributed by atoms with E-state index in [0.717, 1.165) is 24.8 Å². The first-order valence-electron chi connectivity index (χ1n) is 6.66. The van der Waals surface area contributed by atoms with Gasteiger partial charge in [-0.15, -0.1) is 0 Å². The standard InChI is InChI=1S/C16H14ClNO2/c17-12-9-11-5-2-4-8-20-16(11)13(10-12)15(19)14-6-1-3-7-18-14/h1,3,6-7,9-10H,2,4-5,8H2. The van der Waals surface area contributed by atoms with Crippen molar-refractivity contribution in [3.63, 3.8) is 0 Å². The molecule has 0 fully saturated rings. The van der Waals surface area contributed by atoms with Crippen molar-refractivity contribution >= 4 is 17.4 Å². The zero-order valence-corrected chi connectivity index (χ0v) is 11.7. The largest absolute Gasteiger partial charge is 0.493 e. The Bertz CT molecular complexity index is 640. The number of fused-ring (bicyclic) bond motifs is 1. The van der Waals surface area contributed by atoms with Crippen molar-refractivity contribution in [1.82, 2.24) is 4.98 Å². The molecule has 1 aromatic heterocycles. The molecule has 3 nitrogen and oxygen atoms in total. The van der Waals surface area contributed by atoms with E-state index in [-0.39, 0.29) is 5.78 Å². The molecule has 0 spiro atoms. The fourth-order valence-electron chi connectivity index (χ4n) is 2.40. The van der Waals surface area contributed by atoms with Gasteiger partial charge in [0.1, 0.15) is 11.4 Å². The average Bonchev–Trinajstić information content (AvgIpc) is 2.71. The van der Waals surface area contributed by atoms with Crippen LogP contribution in [0.5, 0.6) is 5.75 Å². The van der Waals surface area contributed by atoms with Gasteiger partial charge in [-0.25, -0.2) is 0 Å². The zero-order valence-electron chi connectivity index (χ0n) is 10.9. The van der Waals surface area contributed by atoms with Crippen LogP contribution in [0.25, 0.3) is 0 Å². The number of aromatic nitrogens is 1. The summed E-state index contributed by atoms with van der Waals surface area (Å²) in [5.41, 5.74) is 1.92. The Hall–Kier alpha value is -1.87. The molecule has 0 saturated carbocycles. The molecule has 0 N–H and O–H groups in total. The lowest BCUT2D eigenvalue weighted by Crippen LogP contribution is -2.08. The summed E-state index contributed by atoms with van der Waals surface area (Å²) in [6.45, 7) is 0.636. The summed E-state index contributed by atoms with van der Waals surface area (Å²) in [6.07, 6.45) is 4.53. The van der Waals surface area contributed by atoms with E-state index in [1.807, 2.05) is 6.07 Å². The van der Waals surface area contributed by atoms with Gasteiger partial charge in [0.15, 0.2) is 0 Å². The first-order chi connectivity index (χ1) is 9.75. The van der Waals surface area contributed by atoms with Gasteiger partial charge in [-0.3, -0.25) is 9.78 Å². The highest BCUT2D eigenvalue weighted by Gasteiger charge is 2.21. The number of carbonyl (C=O) groups is 1. The minimum absolute atomic E-state index is 0.147. The molecular formula is C16H14ClNO2. The third-order valence-corrected chi connectivity index (χ3v) is 3.58. The van der Waals surface area contributed by atoms with Crippen molar-refractivity contribution in [2.24, 2.45) is 0 Å². The van der Waals surface area contributed by atoms with Crippen LogP contribution in [0.15, 0.2) is 36.5 Å². The Kier molecular flexibility index (Phi) is 3.70. The van der Waals surface area contributed by atoms with E-state index in [4.69, 9.17) is 16.3 Å². The number of benzene rings is 1. The Morgan fingerprint density at radius 2 is 2.15 bits per heavy atom. The third-order valence-electron chi connectivity index (χ3n) is 3.36. The Balaban J connectivity index is 2.09.